The van der Waals surface area contributed by atoms with Crippen molar-refractivity contribution in [1.82, 2.24) is 24.5 Å². The van der Waals surface area contributed by atoms with Crippen LogP contribution in [0.5, 0.6) is 5.75 Å². The Balaban J connectivity index is 1.98. The third-order valence-corrected chi connectivity index (χ3v) is 3.45. The highest BCUT2D eigenvalue weighted by Crippen LogP contribution is 2.21. The van der Waals surface area contributed by atoms with Gasteiger partial charge in [-0.25, -0.2) is 14.8 Å². The Morgan fingerprint density at radius 2 is 2.13 bits per heavy atom. The molecule has 3 rings (SSSR count). The Labute approximate surface area is 132 Å². The lowest BCUT2D eigenvalue weighted by Crippen LogP contribution is -2.17. The number of H-pyrrole nitrogens is 1. The maximum absolute atomic E-state index is 12.0. The van der Waals surface area contributed by atoms with Crippen molar-refractivity contribution in [3.8, 4) is 17.0 Å². The molecule has 3 heterocycles. The van der Waals surface area contributed by atoms with Gasteiger partial charge in [0.05, 0.1) is 25.2 Å². The average molecular weight is 315 g/mol. The molecule has 0 aliphatic heterocycles. The van der Waals surface area contributed by atoms with Crippen molar-refractivity contribution in [2.45, 2.75) is 13.0 Å². The van der Waals surface area contributed by atoms with Crippen LogP contribution in [0.1, 0.15) is 6.42 Å². The number of nitrogens with one attached hydrogen (secondary N) is 1. The van der Waals surface area contributed by atoms with Crippen LogP contribution in [0.15, 0.2) is 29.5 Å². The first-order chi connectivity index (χ1) is 11.2. The molecule has 0 aliphatic carbocycles. The summed E-state index contributed by atoms with van der Waals surface area (Å²) in [5.74, 6) is 0.634. The number of aromatic amines is 1. The third kappa shape index (κ3) is 3.07. The fraction of sp³-hybridized carbons (Fsp3) is 0.333. The molecule has 0 amide bonds. The number of aromatic nitrogens is 5. The number of methoxy groups -OCH3 is 2. The Kier molecular flexibility index (Phi) is 4.33. The van der Waals surface area contributed by atoms with E-state index in [1.54, 1.807) is 37.4 Å². The number of hydrogen-bond donors (Lipinski definition) is 1. The quantitative estimate of drug-likeness (QED) is 0.687. The topological polar surface area (TPSA) is 94.9 Å². The summed E-state index contributed by atoms with van der Waals surface area (Å²) in [5.41, 5.74) is 2.15. The molecule has 3 aromatic rings. The normalized spacial score (nSPS) is 11.0. The minimum atomic E-state index is -0.225. The second-order valence-electron chi connectivity index (χ2n) is 4.97. The first-order valence-corrected chi connectivity index (χ1v) is 7.17. The van der Waals surface area contributed by atoms with Gasteiger partial charge in [0.25, 0.3) is 0 Å². The number of rotatable bonds is 6. The van der Waals surface area contributed by atoms with Crippen molar-refractivity contribution < 1.29 is 9.47 Å². The summed E-state index contributed by atoms with van der Waals surface area (Å²) in [5, 5.41) is 0. The lowest BCUT2D eigenvalue weighted by Gasteiger charge is -2.04. The number of imidazole rings is 1. The number of fused-ring (bicyclic) bond motifs is 1. The van der Waals surface area contributed by atoms with Crippen LogP contribution in [0.25, 0.3) is 22.6 Å². The predicted octanol–water partition coefficient (Wildman–Crippen LogP) is 1.23. The zero-order chi connectivity index (χ0) is 16.2. The van der Waals surface area contributed by atoms with Crippen LogP contribution in [0, 0.1) is 0 Å². The SMILES string of the molecule is COCCCn1c(=O)[nH]c2nc(-c3cncc(OC)c3)cnc21. The average Bonchev–Trinajstić information content (AvgIpc) is 2.90. The van der Waals surface area contributed by atoms with E-state index < -0.39 is 0 Å². The molecule has 0 aliphatic rings. The maximum Gasteiger partial charge on any atom is 0.328 e. The smallest absolute Gasteiger partial charge is 0.328 e. The van der Waals surface area contributed by atoms with Crippen LogP contribution >= 0.6 is 0 Å². The number of ether oxygens (including phenoxy) is 2. The molecule has 0 atom stereocenters. The molecular formula is C15H17N5O3. The molecule has 8 nitrogen and oxygen atoms in total. The molecule has 0 saturated heterocycles. The highest BCUT2D eigenvalue weighted by molar-refractivity contribution is 5.70. The largest absolute Gasteiger partial charge is 0.495 e. The summed E-state index contributed by atoms with van der Waals surface area (Å²) in [4.78, 5) is 27.7. The van der Waals surface area contributed by atoms with Crippen molar-refractivity contribution >= 4 is 11.3 Å². The molecule has 120 valence electrons. The minimum absolute atomic E-state index is 0.225. The van der Waals surface area contributed by atoms with E-state index in [2.05, 4.69) is 19.9 Å². The zero-order valence-corrected chi connectivity index (χ0v) is 12.9. The lowest BCUT2D eigenvalue weighted by atomic mass is 10.2. The molecule has 23 heavy (non-hydrogen) atoms. The van der Waals surface area contributed by atoms with Crippen LogP contribution in [0.3, 0.4) is 0 Å². The van der Waals surface area contributed by atoms with Gasteiger partial charge >= 0.3 is 5.69 Å². The van der Waals surface area contributed by atoms with Crippen molar-refractivity contribution in [2.75, 3.05) is 20.8 Å². The van der Waals surface area contributed by atoms with E-state index in [1.807, 2.05) is 6.07 Å². The van der Waals surface area contributed by atoms with Crippen LogP contribution < -0.4 is 10.4 Å². The van der Waals surface area contributed by atoms with E-state index >= 15 is 0 Å². The van der Waals surface area contributed by atoms with E-state index in [9.17, 15) is 4.79 Å². The summed E-state index contributed by atoms with van der Waals surface area (Å²) >= 11 is 0. The highest BCUT2D eigenvalue weighted by Gasteiger charge is 2.11. The van der Waals surface area contributed by atoms with Gasteiger partial charge in [-0.1, -0.05) is 0 Å². The lowest BCUT2D eigenvalue weighted by molar-refractivity contribution is 0.190. The highest BCUT2D eigenvalue weighted by atomic mass is 16.5. The van der Waals surface area contributed by atoms with Gasteiger partial charge in [0.1, 0.15) is 5.75 Å². The Morgan fingerprint density at radius 3 is 2.91 bits per heavy atom. The van der Waals surface area contributed by atoms with Crippen molar-refractivity contribution in [3.05, 3.63) is 35.1 Å². The first kappa shape index (κ1) is 15.2. The molecule has 0 fully saturated rings. The van der Waals surface area contributed by atoms with E-state index in [4.69, 9.17) is 9.47 Å². The van der Waals surface area contributed by atoms with Gasteiger partial charge in [-0.05, 0) is 12.5 Å². The van der Waals surface area contributed by atoms with E-state index in [0.29, 0.717) is 35.9 Å². The molecule has 0 bridgehead atoms. The fourth-order valence-electron chi connectivity index (χ4n) is 2.31. The van der Waals surface area contributed by atoms with Crippen LogP contribution in [0.4, 0.5) is 0 Å². The Hall–Kier alpha value is -2.74. The summed E-state index contributed by atoms with van der Waals surface area (Å²) in [6, 6.07) is 1.82. The maximum atomic E-state index is 12.0. The number of aryl methyl sites for hydroxylation is 1. The van der Waals surface area contributed by atoms with E-state index in [-0.39, 0.29) is 5.69 Å². The second-order valence-corrected chi connectivity index (χ2v) is 4.97. The summed E-state index contributed by atoms with van der Waals surface area (Å²) in [7, 11) is 3.21. The summed E-state index contributed by atoms with van der Waals surface area (Å²) in [6.45, 7) is 1.11. The Bertz CT molecular complexity index is 871. The van der Waals surface area contributed by atoms with Gasteiger partial charge in [-0.3, -0.25) is 14.5 Å². The van der Waals surface area contributed by atoms with Gasteiger partial charge in [-0.2, -0.15) is 0 Å². The van der Waals surface area contributed by atoms with Gasteiger partial charge in [0.2, 0.25) is 0 Å². The van der Waals surface area contributed by atoms with Gasteiger partial charge < -0.3 is 9.47 Å². The minimum Gasteiger partial charge on any atom is -0.495 e. The molecule has 1 N–H and O–H groups in total. The van der Waals surface area contributed by atoms with Gasteiger partial charge in [-0.15, -0.1) is 0 Å². The molecular weight excluding hydrogens is 298 g/mol. The summed E-state index contributed by atoms with van der Waals surface area (Å²) < 4.78 is 11.7. The number of pyridine rings is 1. The molecule has 3 aromatic heterocycles. The van der Waals surface area contributed by atoms with Gasteiger partial charge in [0, 0.05) is 32.0 Å². The summed E-state index contributed by atoms with van der Waals surface area (Å²) in [6.07, 6.45) is 5.64. The van der Waals surface area contributed by atoms with Crippen LogP contribution in [-0.2, 0) is 11.3 Å². The first-order valence-electron chi connectivity index (χ1n) is 7.17. The van der Waals surface area contributed by atoms with Crippen LogP contribution in [0.2, 0.25) is 0 Å². The van der Waals surface area contributed by atoms with Gasteiger partial charge in [0.15, 0.2) is 11.3 Å². The molecule has 0 radical (unpaired) electrons. The van der Waals surface area contributed by atoms with Crippen molar-refractivity contribution in [1.29, 1.82) is 0 Å². The van der Waals surface area contributed by atoms with E-state index in [0.717, 1.165) is 12.0 Å². The zero-order valence-electron chi connectivity index (χ0n) is 12.9. The second kappa shape index (κ2) is 6.57. The van der Waals surface area contributed by atoms with E-state index in [1.165, 1.54) is 0 Å². The fourth-order valence-corrected chi connectivity index (χ4v) is 2.31. The third-order valence-electron chi connectivity index (χ3n) is 3.45. The molecule has 0 saturated carbocycles. The molecule has 0 unspecified atom stereocenters. The standard InChI is InChI=1S/C15H17N5O3/c1-22-5-3-4-20-14-13(19-15(20)21)18-12(9-17-14)10-6-11(23-2)8-16-7-10/h6-9H,3-5H2,1-2H3,(H,18,19,21). The molecule has 0 aromatic carbocycles. The number of hydrogen-bond acceptors (Lipinski definition) is 6. The number of nitrogens with zero attached hydrogens (tertiary/aromatic N) is 4. The van der Waals surface area contributed by atoms with Crippen LogP contribution in [-0.4, -0.2) is 45.3 Å². The monoisotopic (exact) mass is 315 g/mol. The van der Waals surface area contributed by atoms with Crippen molar-refractivity contribution in [3.63, 3.8) is 0 Å². The molecule has 8 heteroatoms. The van der Waals surface area contributed by atoms with Crippen molar-refractivity contribution in [2.24, 2.45) is 0 Å². The Morgan fingerprint density at radius 1 is 1.26 bits per heavy atom. The molecule has 0 spiro atoms. The predicted molar refractivity (Wildman–Crippen MR) is 84.4 cm³/mol.